The van der Waals surface area contributed by atoms with Gasteiger partial charge in [0.15, 0.2) is 11.5 Å². The molecule has 0 spiro atoms. The van der Waals surface area contributed by atoms with Crippen LogP contribution in [0.2, 0.25) is 0 Å². The number of nitrogens with zero attached hydrogens (tertiary/aromatic N) is 2. The van der Waals surface area contributed by atoms with E-state index in [1.807, 2.05) is 75.4 Å². The van der Waals surface area contributed by atoms with E-state index in [0.29, 0.717) is 17.9 Å². The highest BCUT2D eigenvalue weighted by Gasteiger charge is 2.35. The Morgan fingerprint density at radius 2 is 1.52 bits per heavy atom. The van der Waals surface area contributed by atoms with Crippen LogP contribution in [0.3, 0.4) is 0 Å². The number of methoxy groups -OCH3 is 2. The van der Waals surface area contributed by atoms with Crippen LogP contribution in [0.25, 0.3) is 0 Å². The fourth-order valence-corrected chi connectivity index (χ4v) is 7.05. The predicted octanol–water partition coefficient (Wildman–Crippen LogP) is 6.52. The molecule has 0 aliphatic rings. The van der Waals surface area contributed by atoms with Crippen LogP contribution in [-0.2, 0) is 32.6 Å². The Labute approximate surface area is 292 Å². The van der Waals surface area contributed by atoms with E-state index in [9.17, 15) is 18.0 Å². The third-order valence-corrected chi connectivity index (χ3v) is 10.3. The van der Waals surface area contributed by atoms with Gasteiger partial charge in [-0.05, 0) is 67.8 Å². The lowest BCUT2D eigenvalue weighted by Gasteiger charge is -2.34. The molecule has 0 saturated heterocycles. The average molecular weight is 737 g/mol. The Balaban J connectivity index is 1.83. The summed E-state index contributed by atoms with van der Waals surface area (Å²) in [5, 5.41) is 3.05. The largest absolute Gasteiger partial charge is 0.493 e. The fraction of sp³-hybridized carbons (Fsp3) is 0.297. The summed E-state index contributed by atoms with van der Waals surface area (Å²) >= 11 is 3.51. The number of benzene rings is 4. The second-order valence-corrected chi connectivity index (χ2v) is 14.3. The zero-order valence-corrected chi connectivity index (χ0v) is 30.3. The predicted molar refractivity (Wildman–Crippen MR) is 192 cm³/mol. The highest BCUT2D eigenvalue weighted by atomic mass is 79.9. The number of aryl methyl sites for hydroxylation is 1. The second kappa shape index (κ2) is 16.7. The Morgan fingerprint density at radius 3 is 2.15 bits per heavy atom. The van der Waals surface area contributed by atoms with Crippen LogP contribution in [-0.4, -0.2) is 58.0 Å². The Morgan fingerprint density at radius 1 is 0.854 bits per heavy atom. The molecule has 0 aromatic heterocycles. The molecule has 0 bridgehead atoms. The van der Waals surface area contributed by atoms with Crippen molar-refractivity contribution in [3.05, 3.63) is 118 Å². The third-order valence-electron chi connectivity index (χ3n) is 8.06. The molecule has 0 aliphatic heterocycles. The van der Waals surface area contributed by atoms with Crippen LogP contribution < -0.4 is 19.1 Å². The number of halogens is 1. The molecule has 4 aromatic carbocycles. The SMILES string of the molecule is CC[C@@H](C)NC(=O)[C@@H](Cc1ccccc1)N(Cc1cccc(Br)c1)C(=O)CN(c1ccc(C)cc1)S(=O)(=O)c1ccc(OC)c(OC)c1. The third kappa shape index (κ3) is 9.17. The van der Waals surface area contributed by atoms with Crippen molar-refractivity contribution in [3.8, 4) is 11.5 Å². The smallest absolute Gasteiger partial charge is 0.264 e. The van der Waals surface area contributed by atoms with Gasteiger partial charge < -0.3 is 19.7 Å². The molecule has 48 heavy (non-hydrogen) atoms. The quantitative estimate of drug-likeness (QED) is 0.149. The minimum absolute atomic E-state index is 0.0713. The first-order chi connectivity index (χ1) is 23.0. The molecule has 2 amide bonds. The molecule has 9 nitrogen and oxygen atoms in total. The molecule has 0 fully saturated rings. The summed E-state index contributed by atoms with van der Waals surface area (Å²) in [5.74, 6) is -0.263. The molecular formula is C37H42BrN3O6S. The van der Waals surface area contributed by atoms with Gasteiger partial charge in [0.2, 0.25) is 11.8 Å². The zero-order chi connectivity index (χ0) is 34.8. The molecule has 0 heterocycles. The zero-order valence-electron chi connectivity index (χ0n) is 27.9. The molecule has 0 unspecified atom stereocenters. The minimum Gasteiger partial charge on any atom is -0.493 e. The van der Waals surface area contributed by atoms with Gasteiger partial charge in [0.25, 0.3) is 10.0 Å². The van der Waals surface area contributed by atoms with Crippen molar-refractivity contribution >= 4 is 43.5 Å². The summed E-state index contributed by atoms with van der Waals surface area (Å²) < 4.78 is 41.4. The molecule has 0 aliphatic carbocycles. The molecule has 254 valence electrons. The van der Waals surface area contributed by atoms with Gasteiger partial charge in [-0.3, -0.25) is 13.9 Å². The van der Waals surface area contributed by atoms with Gasteiger partial charge in [-0.25, -0.2) is 8.42 Å². The molecule has 11 heteroatoms. The van der Waals surface area contributed by atoms with Gasteiger partial charge in [-0.1, -0.05) is 83.0 Å². The van der Waals surface area contributed by atoms with Crippen molar-refractivity contribution in [3.63, 3.8) is 0 Å². The monoisotopic (exact) mass is 735 g/mol. The number of carbonyl (C=O) groups is 2. The first-order valence-corrected chi connectivity index (χ1v) is 17.9. The first-order valence-electron chi connectivity index (χ1n) is 15.7. The van der Waals surface area contributed by atoms with E-state index >= 15 is 0 Å². The van der Waals surface area contributed by atoms with Crippen molar-refractivity contribution in [2.75, 3.05) is 25.1 Å². The van der Waals surface area contributed by atoms with E-state index in [2.05, 4.69) is 21.2 Å². The lowest BCUT2D eigenvalue weighted by molar-refractivity contribution is -0.140. The lowest BCUT2D eigenvalue weighted by Crippen LogP contribution is -2.54. The number of carbonyl (C=O) groups excluding carboxylic acids is 2. The van der Waals surface area contributed by atoms with Crippen LogP contribution in [0.5, 0.6) is 11.5 Å². The van der Waals surface area contributed by atoms with Crippen molar-refractivity contribution in [1.29, 1.82) is 0 Å². The number of amides is 2. The Kier molecular flexibility index (Phi) is 12.7. The number of anilines is 1. The molecule has 2 atom stereocenters. The molecule has 4 rings (SSSR count). The molecule has 1 N–H and O–H groups in total. The number of ether oxygens (including phenoxy) is 2. The van der Waals surface area contributed by atoms with Gasteiger partial charge >= 0.3 is 0 Å². The van der Waals surface area contributed by atoms with Crippen LogP contribution in [0, 0.1) is 6.92 Å². The molecular weight excluding hydrogens is 694 g/mol. The summed E-state index contributed by atoms with van der Waals surface area (Å²) in [4.78, 5) is 30.1. The van der Waals surface area contributed by atoms with Gasteiger partial charge in [-0.2, -0.15) is 0 Å². The average Bonchev–Trinajstić information content (AvgIpc) is 3.09. The van der Waals surface area contributed by atoms with Crippen molar-refractivity contribution in [1.82, 2.24) is 10.2 Å². The minimum atomic E-state index is -4.32. The highest BCUT2D eigenvalue weighted by Crippen LogP contribution is 2.32. The summed E-state index contributed by atoms with van der Waals surface area (Å²) in [5.41, 5.74) is 2.86. The lowest BCUT2D eigenvalue weighted by atomic mass is 10.0. The summed E-state index contributed by atoms with van der Waals surface area (Å²) in [7, 11) is -1.43. The van der Waals surface area contributed by atoms with Crippen LogP contribution >= 0.6 is 15.9 Å². The maximum absolute atomic E-state index is 14.7. The van der Waals surface area contributed by atoms with Crippen molar-refractivity contribution in [2.24, 2.45) is 0 Å². The number of nitrogens with one attached hydrogen (secondary N) is 1. The van der Waals surface area contributed by atoms with Crippen molar-refractivity contribution < 1.29 is 27.5 Å². The highest BCUT2D eigenvalue weighted by molar-refractivity contribution is 9.10. The standard InChI is InChI=1S/C37H42BrN3O6S/c1-6-27(3)39-37(43)33(22-28-11-8-7-9-12-28)40(24-29-13-10-14-30(38)21-29)36(42)25-41(31-17-15-26(2)16-18-31)48(44,45)32-19-20-34(46-4)35(23-32)47-5/h7-21,23,27,33H,6,22,24-25H2,1-5H3,(H,39,43)/t27-,33-/m1/s1. The van der Waals surface area contributed by atoms with E-state index in [-0.39, 0.29) is 35.6 Å². The number of rotatable bonds is 15. The first kappa shape index (κ1) is 36.5. The Bertz CT molecular complexity index is 1800. The molecule has 4 aromatic rings. The number of hydrogen-bond donors (Lipinski definition) is 1. The van der Waals surface area contributed by atoms with E-state index in [4.69, 9.17) is 9.47 Å². The number of hydrogen-bond acceptors (Lipinski definition) is 6. The van der Waals surface area contributed by atoms with E-state index < -0.39 is 28.5 Å². The van der Waals surface area contributed by atoms with Gasteiger partial charge in [0.1, 0.15) is 12.6 Å². The van der Waals surface area contributed by atoms with Gasteiger partial charge in [0, 0.05) is 29.5 Å². The van der Waals surface area contributed by atoms with Crippen LogP contribution in [0.1, 0.15) is 37.0 Å². The van der Waals surface area contributed by atoms with E-state index in [0.717, 1.165) is 25.5 Å². The maximum Gasteiger partial charge on any atom is 0.264 e. The number of sulfonamides is 1. The summed E-state index contributed by atoms with van der Waals surface area (Å²) in [6.07, 6.45) is 0.934. The normalized spacial score (nSPS) is 12.5. The topological polar surface area (TPSA) is 105 Å². The van der Waals surface area contributed by atoms with Gasteiger partial charge in [-0.15, -0.1) is 0 Å². The Hall–Kier alpha value is -4.35. The fourth-order valence-electron chi connectivity index (χ4n) is 5.17. The van der Waals surface area contributed by atoms with Crippen LogP contribution in [0.15, 0.2) is 106 Å². The molecule has 0 radical (unpaired) electrons. The van der Waals surface area contributed by atoms with Crippen molar-refractivity contribution in [2.45, 2.75) is 57.1 Å². The van der Waals surface area contributed by atoms with E-state index in [1.165, 1.54) is 37.3 Å². The van der Waals surface area contributed by atoms with E-state index in [1.54, 1.807) is 24.3 Å². The van der Waals surface area contributed by atoms with Crippen LogP contribution in [0.4, 0.5) is 5.69 Å². The maximum atomic E-state index is 14.7. The molecule has 0 saturated carbocycles. The summed E-state index contributed by atoms with van der Waals surface area (Å²) in [6.45, 7) is 5.29. The second-order valence-electron chi connectivity index (χ2n) is 11.5. The summed E-state index contributed by atoms with van der Waals surface area (Å²) in [6, 6.07) is 27.1. The van der Waals surface area contributed by atoms with Gasteiger partial charge in [0.05, 0.1) is 24.8 Å².